The summed E-state index contributed by atoms with van der Waals surface area (Å²) in [7, 11) is 1.45. The zero-order valence-corrected chi connectivity index (χ0v) is 15.1. The van der Waals surface area contributed by atoms with Gasteiger partial charge in [-0.3, -0.25) is 9.59 Å². The average molecular weight is 370 g/mol. The number of ether oxygens (including phenoxy) is 1. The first kappa shape index (κ1) is 18.3. The van der Waals surface area contributed by atoms with Gasteiger partial charge >= 0.3 is 5.97 Å². The van der Waals surface area contributed by atoms with E-state index >= 15 is 0 Å². The third-order valence-electron chi connectivity index (χ3n) is 3.94. The maximum atomic E-state index is 12.6. The SMILES string of the molecule is CCC(OC(=O)c1nn(C)c(=O)c2ccccc12)C(=O)Nc1cc(C)on1. The van der Waals surface area contributed by atoms with E-state index in [1.165, 1.54) is 7.05 Å². The number of aromatic nitrogens is 3. The van der Waals surface area contributed by atoms with Crippen molar-refractivity contribution in [1.29, 1.82) is 0 Å². The molecule has 9 nitrogen and oxygen atoms in total. The normalized spacial score (nSPS) is 12.0. The molecule has 140 valence electrons. The van der Waals surface area contributed by atoms with Gasteiger partial charge < -0.3 is 14.6 Å². The van der Waals surface area contributed by atoms with E-state index in [2.05, 4.69) is 15.6 Å². The van der Waals surface area contributed by atoms with E-state index in [4.69, 9.17) is 9.26 Å². The molecular weight excluding hydrogens is 352 g/mol. The first-order chi connectivity index (χ1) is 12.9. The second-order valence-corrected chi connectivity index (χ2v) is 5.94. The number of nitrogens with zero attached hydrogens (tertiary/aromatic N) is 3. The number of benzene rings is 1. The van der Waals surface area contributed by atoms with Crippen molar-refractivity contribution in [3.8, 4) is 0 Å². The summed E-state index contributed by atoms with van der Waals surface area (Å²) in [5.41, 5.74) is -0.357. The van der Waals surface area contributed by atoms with Crippen LogP contribution in [0.5, 0.6) is 0 Å². The largest absolute Gasteiger partial charge is 0.447 e. The van der Waals surface area contributed by atoms with Gasteiger partial charge in [-0.25, -0.2) is 9.48 Å². The van der Waals surface area contributed by atoms with Gasteiger partial charge in [-0.2, -0.15) is 5.10 Å². The lowest BCUT2D eigenvalue weighted by Crippen LogP contribution is -2.33. The molecule has 3 rings (SSSR count). The van der Waals surface area contributed by atoms with Gasteiger partial charge in [0, 0.05) is 18.5 Å². The molecule has 1 aromatic carbocycles. The minimum absolute atomic E-state index is 0.0313. The van der Waals surface area contributed by atoms with Crippen molar-refractivity contribution in [1.82, 2.24) is 14.9 Å². The van der Waals surface area contributed by atoms with Crippen molar-refractivity contribution in [2.24, 2.45) is 7.05 Å². The summed E-state index contributed by atoms with van der Waals surface area (Å²) >= 11 is 0. The third kappa shape index (κ3) is 3.71. The van der Waals surface area contributed by atoms with E-state index < -0.39 is 18.0 Å². The van der Waals surface area contributed by atoms with Crippen LogP contribution in [0, 0.1) is 6.92 Å². The van der Waals surface area contributed by atoms with Crippen molar-refractivity contribution in [3.05, 3.63) is 52.1 Å². The third-order valence-corrected chi connectivity index (χ3v) is 3.94. The molecule has 1 unspecified atom stereocenters. The van der Waals surface area contributed by atoms with Crippen molar-refractivity contribution >= 4 is 28.5 Å². The lowest BCUT2D eigenvalue weighted by atomic mass is 10.1. The topological polar surface area (TPSA) is 116 Å². The number of aryl methyl sites for hydroxylation is 2. The monoisotopic (exact) mass is 370 g/mol. The van der Waals surface area contributed by atoms with Crippen LogP contribution in [0.1, 0.15) is 29.6 Å². The number of carbonyl (C=O) groups is 2. The van der Waals surface area contributed by atoms with Crippen LogP contribution in [0.25, 0.3) is 10.8 Å². The van der Waals surface area contributed by atoms with Crippen LogP contribution in [0.4, 0.5) is 5.82 Å². The van der Waals surface area contributed by atoms with Crippen molar-refractivity contribution < 1.29 is 18.8 Å². The molecule has 0 aliphatic heterocycles. The Labute approximate surface area is 153 Å². The maximum Gasteiger partial charge on any atom is 0.360 e. The summed E-state index contributed by atoms with van der Waals surface area (Å²) in [5, 5.41) is 10.9. The maximum absolute atomic E-state index is 12.6. The number of amides is 1. The van der Waals surface area contributed by atoms with Crippen LogP contribution < -0.4 is 10.9 Å². The molecule has 0 aliphatic carbocycles. The molecular formula is C18H18N4O5. The van der Waals surface area contributed by atoms with Crippen molar-refractivity contribution in [2.45, 2.75) is 26.4 Å². The highest BCUT2D eigenvalue weighted by atomic mass is 16.5. The Morgan fingerprint density at radius 3 is 2.63 bits per heavy atom. The number of hydrogen-bond acceptors (Lipinski definition) is 7. The smallest absolute Gasteiger partial charge is 0.360 e. The second kappa shape index (κ2) is 7.40. The zero-order chi connectivity index (χ0) is 19.6. The van der Waals surface area contributed by atoms with Gasteiger partial charge in [-0.1, -0.05) is 30.3 Å². The summed E-state index contributed by atoms with van der Waals surface area (Å²) in [4.78, 5) is 37.2. The van der Waals surface area contributed by atoms with Crippen LogP contribution in [-0.4, -0.2) is 32.9 Å². The summed E-state index contributed by atoms with van der Waals surface area (Å²) in [6, 6.07) is 8.15. The predicted octanol–water partition coefficient (Wildman–Crippen LogP) is 1.80. The molecule has 0 spiro atoms. The Balaban J connectivity index is 1.85. The molecule has 0 saturated carbocycles. The fourth-order valence-electron chi connectivity index (χ4n) is 2.59. The van der Waals surface area contributed by atoms with E-state index in [1.807, 2.05) is 0 Å². The van der Waals surface area contributed by atoms with E-state index in [0.717, 1.165) is 4.68 Å². The Bertz CT molecular complexity index is 1070. The van der Waals surface area contributed by atoms with Gasteiger partial charge in [0.1, 0.15) is 5.76 Å². The fraction of sp³-hybridized carbons (Fsp3) is 0.278. The lowest BCUT2D eigenvalue weighted by Gasteiger charge is -2.15. The highest BCUT2D eigenvalue weighted by Gasteiger charge is 2.25. The first-order valence-electron chi connectivity index (χ1n) is 8.32. The van der Waals surface area contributed by atoms with Gasteiger partial charge in [0.05, 0.1) is 5.39 Å². The predicted molar refractivity (Wildman–Crippen MR) is 96.3 cm³/mol. The first-order valence-corrected chi connectivity index (χ1v) is 8.32. The second-order valence-electron chi connectivity index (χ2n) is 5.94. The van der Waals surface area contributed by atoms with Gasteiger partial charge in [-0.05, 0) is 19.4 Å². The molecule has 0 saturated heterocycles. The molecule has 0 fully saturated rings. The molecule has 1 N–H and O–H groups in total. The molecule has 2 heterocycles. The molecule has 27 heavy (non-hydrogen) atoms. The minimum Gasteiger partial charge on any atom is -0.447 e. The number of nitrogens with one attached hydrogen (secondary N) is 1. The van der Waals surface area contributed by atoms with E-state index in [9.17, 15) is 14.4 Å². The van der Waals surface area contributed by atoms with E-state index in [1.54, 1.807) is 44.2 Å². The molecule has 0 bridgehead atoms. The number of esters is 1. The van der Waals surface area contributed by atoms with Crippen LogP contribution >= 0.6 is 0 Å². The lowest BCUT2D eigenvalue weighted by molar-refractivity contribution is -0.124. The number of anilines is 1. The Morgan fingerprint density at radius 2 is 2.00 bits per heavy atom. The number of hydrogen-bond donors (Lipinski definition) is 1. The van der Waals surface area contributed by atoms with Gasteiger partial charge in [0.15, 0.2) is 17.6 Å². The molecule has 2 aromatic heterocycles. The molecule has 1 amide bonds. The Kier molecular flexibility index (Phi) is 5.02. The van der Waals surface area contributed by atoms with E-state index in [-0.39, 0.29) is 23.5 Å². The highest BCUT2D eigenvalue weighted by molar-refractivity contribution is 6.03. The fourth-order valence-corrected chi connectivity index (χ4v) is 2.59. The number of carbonyl (C=O) groups excluding carboxylic acids is 2. The minimum atomic E-state index is -1.05. The summed E-state index contributed by atoms with van der Waals surface area (Å²) in [6.45, 7) is 3.40. The van der Waals surface area contributed by atoms with Crippen LogP contribution in [0.15, 0.2) is 39.6 Å². The van der Waals surface area contributed by atoms with Gasteiger partial charge in [0.25, 0.3) is 11.5 Å². The van der Waals surface area contributed by atoms with Gasteiger partial charge in [-0.15, -0.1) is 0 Å². The Hall–Kier alpha value is -3.49. The number of fused-ring (bicyclic) bond motifs is 1. The van der Waals surface area contributed by atoms with E-state index in [0.29, 0.717) is 16.5 Å². The van der Waals surface area contributed by atoms with Crippen LogP contribution in [-0.2, 0) is 16.6 Å². The average Bonchev–Trinajstić information content (AvgIpc) is 3.07. The molecule has 3 aromatic rings. The molecule has 1 atom stereocenters. The molecule has 0 aliphatic rings. The van der Waals surface area contributed by atoms with Crippen LogP contribution in [0.2, 0.25) is 0 Å². The zero-order valence-electron chi connectivity index (χ0n) is 15.1. The summed E-state index contributed by atoms with van der Waals surface area (Å²) in [6.07, 6.45) is -0.801. The van der Waals surface area contributed by atoms with Crippen molar-refractivity contribution in [3.63, 3.8) is 0 Å². The Morgan fingerprint density at radius 1 is 1.30 bits per heavy atom. The molecule has 9 heteroatoms. The standard InChI is InChI=1S/C18H18N4O5/c1-4-13(16(23)19-14-9-10(2)27-21-14)26-18(25)15-11-7-5-6-8-12(11)17(24)22(3)20-15/h5-9,13H,4H2,1-3H3,(H,19,21,23). The quantitative estimate of drug-likeness (QED) is 0.681. The number of rotatable bonds is 5. The highest BCUT2D eigenvalue weighted by Crippen LogP contribution is 2.16. The van der Waals surface area contributed by atoms with Crippen molar-refractivity contribution in [2.75, 3.05) is 5.32 Å². The summed E-state index contributed by atoms with van der Waals surface area (Å²) in [5.74, 6) is -0.553. The molecule has 0 radical (unpaired) electrons. The van der Waals surface area contributed by atoms with Crippen LogP contribution in [0.3, 0.4) is 0 Å². The van der Waals surface area contributed by atoms with Gasteiger partial charge in [0.2, 0.25) is 0 Å². The summed E-state index contributed by atoms with van der Waals surface area (Å²) < 4.78 is 11.3.